The monoisotopic (exact) mass is 502 g/mol. The fourth-order valence-electron chi connectivity index (χ4n) is 2.64. The molecule has 0 unspecified atom stereocenters. The summed E-state index contributed by atoms with van der Waals surface area (Å²) >= 11 is 0. The van der Waals surface area contributed by atoms with E-state index in [0.29, 0.717) is 0 Å². The van der Waals surface area contributed by atoms with Gasteiger partial charge in [-0.25, -0.2) is 0 Å². The molecule has 0 rings (SSSR count). The minimum Gasteiger partial charge on any atom is -0.759 e. The maximum atomic E-state index is 10.2. The summed E-state index contributed by atoms with van der Waals surface area (Å²) in [5.74, 6) is -0.903. The molecule has 0 fully saturated rings. The summed E-state index contributed by atoms with van der Waals surface area (Å²) in [7, 11) is -5.17. The molecule has 9 heteroatoms. The van der Waals surface area contributed by atoms with Crippen LogP contribution in [-0.2, 0) is 51.5 Å². The predicted octanol–water partition coefficient (Wildman–Crippen LogP) is 3.65. The Bertz CT molecular complexity index is 385. The zero-order valence-corrected chi connectivity index (χ0v) is 21.5. The molecule has 6 nitrogen and oxygen atoms in total. The Kier molecular flexibility index (Phi) is 34.3. The summed E-state index contributed by atoms with van der Waals surface area (Å²) in [4.78, 5) is 10.2. The molecule has 0 aromatic carbocycles. The van der Waals surface area contributed by atoms with Gasteiger partial charge in [0.05, 0.1) is 0 Å². The van der Waals surface area contributed by atoms with E-state index < -0.39 is 16.4 Å². The van der Waals surface area contributed by atoms with Gasteiger partial charge in [0.1, 0.15) is 0 Å². The van der Waals surface area contributed by atoms with Crippen LogP contribution in [0.1, 0.15) is 110 Å². The fourth-order valence-corrected chi connectivity index (χ4v) is 2.64. The van der Waals surface area contributed by atoms with Crippen molar-refractivity contribution in [2.24, 2.45) is 0 Å². The molecular formula is C18H35CoO6SZn+. The van der Waals surface area contributed by atoms with Crippen LogP contribution in [0.25, 0.3) is 0 Å². The molecule has 0 saturated heterocycles. The average molecular weight is 504 g/mol. The summed E-state index contributed by atoms with van der Waals surface area (Å²) in [6.07, 6.45) is 19.9. The molecule has 0 amide bonds. The summed E-state index contributed by atoms with van der Waals surface area (Å²) in [5.41, 5.74) is 0. The van der Waals surface area contributed by atoms with E-state index in [1.165, 1.54) is 83.5 Å². The van der Waals surface area contributed by atoms with Crippen molar-refractivity contribution < 1.29 is 63.7 Å². The van der Waals surface area contributed by atoms with Gasteiger partial charge in [-0.05, 0) is 12.8 Å². The zero-order valence-electron chi connectivity index (χ0n) is 16.7. The third kappa shape index (κ3) is 51.9. The van der Waals surface area contributed by atoms with E-state index >= 15 is 0 Å². The normalized spacial score (nSPS) is 10.2. The van der Waals surface area contributed by atoms with Crippen LogP contribution in [0.5, 0.6) is 0 Å². The minimum atomic E-state index is -5.17. The van der Waals surface area contributed by atoms with Gasteiger partial charge in [-0.3, -0.25) is 8.42 Å². The van der Waals surface area contributed by atoms with E-state index in [1.54, 1.807) is 0 Å². The van der Waals surface area contributed by atoms with Crippen molar-refractivity contribution in [2.75, 3.05) is 0 Å². The zero-order chi connectivity index (χ0) is 19.4. The van der Waals surface area contributed by atoms with Gasteiger partial charge in [0, 0.05) is 16.4 Å². The molecule has 27 heavy (non-hydrogen) atoms. The van der Waals surface area contributed by atoms with Crippen LogP contribution in [0.3, 0.4) is 0 Å². The van der Waals surface area contributed by atoms with Crippen LogP contribution in [0.2, 0.25) is 0 Å². The van der Waals surface area contributed by atoms with E-state index in [0.717, 1.165) is 12.8 Å². The second-order valence-corrected chi connectivity index (χ2v) is 7.30. The first-order chi connectivity index (χ1) is 11.8. The Labute approximate surface area is 189 Å². The molecule has 0 aliphatic rings. The van der Waals surface area contributed by atoms with Crippen molar-refractivity contribution in [3.05, 3.63) is 0 Å². The van der Waals surface area contributed by atoms with Crippen LogP contribution >= 0.6 is 0 Å². The van der Waals surface area contributed by atoms with Gasteiger partial charge in [-0.2, -0.15) is 0 Å². The first kappa shape index (κ1) is 34.9. The van der Waals surface area contributed by atoms with Crippen LogP contribution in [-0.4, -0.2) is 23.5 Å². The van der Waals surface area contributed by atoms with Crippen molar-refractivity contribution in [2.45, 2.75) is 110 Å². The quantitative estimate of drug-likeness (QED) is 0.137. The maximum absolute atomic E-state index is 10.2. The molecule has 0 N–H and O–H groups in total. The van der Waals surface area contributed by atoms with Crippen molar-refractivity contribution >= 4 is 16.4 Å². The van der Waals surface area contributed by atoms with Gasteiger partial charge in [0.25, 0.3) is 0 Å². The number of hydrogen-bond donors (Lipinski definition) is 0. The number of aliphatic carboxylic acids is 1. The van der Waals surface area contributed by atoms with Crippen LogP contribution in [0.4, 0.5) is 0 Å². The Morgan fingerprint density at radius 2 is 0.889 bits per heavy atom. The number of hydrogen-bond acceptors (Lipinski definition) is 6. The molecule has 1 radical (unpaired) electrons. The second kappa shape index (κ2) is 26.5. The second-order valence-electron chi connectivity index (χ2n) is 6.48. The molecular weight excluding hydrogens is 469 g/mol. The van der Waals surface area contributed by atoms with Crippen molar-refractivity contribution in [1.29, 1.82) is 0 Å². The smallest absolute Gasteiger partial charge is 0.759 e. The van der Waals surface area contributed by atoms with E-state index in [-0.39, 0.29) is 42.7 Å². The molecule has 0 aromatic rings. The third-order valence-corrected chi connectivity index (χ3v) is 3.98. The molecule has 159 valence electrons. The first-order valence-electron chi connectivity index (χ1n) is 9.64. The minimum absolute atomic E-state index is 0. The molecule has 0 spiro atoms. The summed E-state index contributed by atoms with van der Waals surface area (Å²) in [6, 6.07) is 0. The summed E-state index contributed by atoms with van der Waals surface area (Å²) in [5, 5.41) is 10.2. The Balaban J connectivity index is -0.000000333. The van der Waals surface area contributed by atoms with Crippen molar-refractivity contribution in [3.63, 3.8) is 0 Å². The number of carboxylic acids is 1. The van der Waals surface area contributed by atoms with Gasteiger partial charge in [0.2, 0.25) is 0 Å². The van der Waals surface area contributed by atoms with Gasteiger partial charge in [-0.1, -0.05) is 96.8 Å². The van der Waals surface area contributed by atoms with E-state index in [4.69, 9.17) is 17.5 Å². The molecule has 0 saturated carbocycles. The number of carbonyl (C=O) groups is 1. The van der Waals surface area contributed by atoms with Gasteiger partial charge >= 0.3 is 36.3 Å². The van der Waals surface area contributed by atoms with Crippen LogP contribution in [0.15, 0.2) is 0 Å². The van der Waals surface area contributed by atoms with E-state index in [2.05, 4.69) is 6.92 Å². The van der Waals surface area contributed by atoms with Gasteiger partial charge in [0.15, 0.2) is 0 Å². The summed E-state index contributed by atoms with van der Waals surface area (Å²) in [6.45, 7) is 2.27. The van der Waals surface area contributed by atoms with E-state index in [1.807, 2.05) is 0 Å². The molecule has 0 atom stereocenters. The van der Waals surface area contributed by atoms with E-state index in [9.17, 15) is 9.90 Å². The Morgan fingerprint density at radius 1 is 0.667 bits per heavy atom. The third-order valence-electron chi connectivity index (χ3n) is 3.98. The first-order valence-corrected chi connectivity index (χ1v) is 11.0. The Hall–Kier alpha value is 0.470. The Morgan fingerprint density at radius 3 is 1.11 bits per heavy atom. The SMILES string of the molecule is CCCCCCCCCCCCCCCCCC(=O)[O-].O=S(=O)([O-])[O-].[Co+2].[Zn+2]. The number of unbranched alkanes of at least 4 members (excludes halogenated alkanes) is 14. The molecule has 0 bridgehead atoms. The average Bonchev–Trinajstić information content (AvgIpc) is 2.49. The number of rotatable bonds is 16. The van der Waals surface area contributed by atoms with Crippen LogP contribution < -0.4 is 5.11 Å². The van der Waals surface area contributed by atoms with Crippen molar-refractivity contribution in [1.82, 2.24) is 0 Å². The fraction of sp³-hybridized carbons (Fsp3) is 0.944. The molecule has 0 aliphatic carbocycles. The predicted molar refractivity (Wildman–Crippen MR) is 95.0 cm³/mol. The van der Waals surface area contributed by atoms with Crippen molar-refractivity contribution in [3.8, 4) is 0 Å². The van der Waals surface area contributed by atoms with Gasteiger partial charge in [-0.15, -0.1) is 0 Å². The van der Waals surface area contributed by atoms with Gasteiger partial charge < -0.3 is 19.0 Å². The molecule has 0 aliphatic heterocycles. The molecule has 0 aromatic heterocycles. The molecule has 0 heterocycles. The topological polar surface area (TPSA) is 120 Å². The van der Waals surface area contributed by atoms with Crippen LogP contribution in [0, 0.1) is 0 Å². The number of carbonyl (C=O) groups excluding carboxylic acids is 1. The summed E-state index contributed by atoms with van der Waals surface area (Å²) < 4.78 is 34.1. The standard InChI is InChI=1S/C18H36O2.Co.H2O4S.Zn/c1-2-3-4-5-6-7-8-9-10-11-12-13-14-15-16-17-18(19)20;;1-5(2,3)4;/h2-17H2,1H3,(H,19,20);;(H2,1,2,3,4);/q;+2;;+2/p-3. The largest absolute Gasteiger partial charge is 2.00 e. The number of carboxylic acid groups (broad SMARTS) is 1. The maximum Gasteiger partial charge on any atom is 2.00 e.